The van der Waals surface area contributed by atoms with Crippen molar-refractivity contribution in [3.8, 4) is 5.75 Å². The second kappa shape index (κ2) is 7.84. The number of anilines is 1. The fraction of sp³-hybridized carbons (Fsp3) is 0.500. The third kappa shape index (κ3) is 3.56. The van der Waals surface area contributed by atoms with Gasteiger partial charge in [0.1, 0.15) is 5.75 Å². The van der Waals surface area contributed by atoms with Gasteiger partial charge >= 0.3 is 0 Å². The fourth-order valence-corrected chi connectivity index (χ4v) is 3.65. The largest absolute Gasteiger partial charge is 0.494 e. The molecule has 3 rings (SSSR count). The summed E-state index contributed by atoms with van der Waals surface area (Å²) in [5.74, 6) is 4.97. The second-order valence-corrected chi connectivity index (χ2v) is 6.56. The second-order valence-electron chi connectivity index (χ2n) is 6.56. The number of benzene rings is 1. The first-order valence-electron chi connectivity index (χ1n) is 8.89. The van der Waals surface area contributed by atoms with Crippen molar-refractivity contribution in [2.45, 2.75) is 32.2 Å². The zero-order chi connectivity index (χ0) is 18.7. The summed E-state index contributed by atoms with van der Waals surface area (Å²) in [5, 5.41) is 0. The molecular formula is C18H24N4O4. The number of carbonyl (C=O) groups excluding carboxylic acids is 3. The van der Waals surface area contributed by atoms with Crippen LogP contribution in [0.4, 0.5) is 5.69 Å². The van der Waals surface area contributed by atoms with Gasteiger partial charge in [-0.15, -0.1) is 0 Å². The van der Waals surface area contributed by atoms with Crippen LogP contribution in [0.25, 0.3) is 0 Å². The number of nitrogens with two attached hydrogens (primary N) is 1. The van der Waals surface area contributed by atoms with E-state index < -0.39 is 6.04 Å². The van der Waals surface area contributed by atoms with E-state index in [2.05, 4.69) is 5.43 Å². The molecule has 2 saturated heterocycles. The zero-order valence-corrected chi connectivity index (χ0v) is 14.8. The van der Waals surface area contributed by atoms with Crippen molar-refractivity contribution in [3.05, 3.63) is 24.3 Å². The van der Waals surface area contributed by atoms with Crippen molar-refractivity contribution in [2.24, 2.45) is 11.8 Å². The number of likely N-dealkylation sites (tertiary alicyclic amines) is 1. The number of hydrogen-bond donors (Lipinski definition) is 2. The van der Waals surface area contributed by atoms with Crippen LogP contribution >= 0.6 is 0 Å². The highest BCUT2D eigenvalue weighted by atomic mass is 16.5. The van der Waals surface area contributed by atoms with Crippen molar-refractivity contribution >= 4 is 23.4 Å². The molecule has 0 unspecified atom stereocenters. The first-order valence-corrected chi connectivity index (χ1v) is 8.89. The Bertz CT molecular complexity index is 691. The molecule has 140 valence electrons. The Balaban J connectivity index is 1.73. The molecule has 0 aromatic heterocycles. The van der Waals surface area contributed by atoms with Crippen LogP contribution in [0.1, 0.15) is 26.2 Å². The summed E-state index contributed by atoms with van der Waals surface area (Å²) in [7, 11) is 0. The Hall–Kier alpha value is -2.45. The minimum Gasteiger partial charge on any atom is -0.494 e. The Kier molecular flexibility index (Phi) is 5.53. The SMILES string of the molecule is CCOc1ccc(N2C(=O)C[C@H](N3CCC[C@@H](C(=O)NN)C3)C2=O)cc1. The summed E-state index contributed by atoms with van der Waals surface area (Å²) in [6.45, 7) is 3.57. The molecule has 2 atom stereocenters. The van der Waals surface area contributed by atoms with Crippen LogP contribution in [-0.4, -0.2) is 48.4 Å². The van der Waals surface area contributed by atoms with Gasteiger partial charge in [0.05, 0.1) is 30.7 Å². The van der Waals surface area contributed by atoms with E-state index >= 15 is 0 Å². The van der Waals surface area contributed by atoms with Crippen molar-refractivity contribution in [3.63, 3.8) is 0 Å². The van der Waals surface area contributed by atoms with E-state index in [-0.39, 0.29) is 30.1 Å². The number of nitrogens with zero attached hydrogens (tertiary/aromatic N) is 2. The highest BCUT2D eigenvalue weighted by Crippen LogP contribution is 2.29. The highest BCUT2D eigenvalue weighted by molar-refractivity contribution is 6.22. The van der Waals surface area contributed by atoms with E-state index in [4.69, 9.17) is 10.6 Å². The number of rotatable bonds is 5. The molecule has 2 aliphatic heterocycles. The highest BCUT2D eigenvalue weighted by Gasteiger charge is 2.44. The van der Waals surface area contributed by atoms with Gasteiger partial charge < -0.3 is 4.74 Å². The number of ether oxygens (including phenoxy) is 1. The number of imide groups is 1. The fourth-order valence-electron chi connectivity index (χ4n) is 3.65. The summed E-state index contributed by atoms with van der Waals surface area (Å²) in [5.41, 5.74) is 2.72. The van der Waals surface area contributed by atoms with Gasteiger partial charge in [-0.25, -0.2) is 10.7 Å². The van der Waals surface area contributed by atoms with Gasteiger partial charge in [0.2, 0.25) is 11.8 Å². The number of piperidine rings is 1. The lowest BCUT2D eigenvalue weighted by atomic mass is 9.95. The molecule has 8 heteroatoms. The van der Waals surface area contributed by atoms with Gasteiger partial charge in [-0.1, -0.05) is 0 Å². The molecule has 0 radical (unpaired) electrons. The maximum absolute atomic E-state index is 12.9. The minimum atomic E-state index is -0.526. The predicted molar refractivity (Wildman–Crippen MR) is 95.1 cm³/mol. The molecule has 26 heavy (non-hydrogen) atoms. The quantitative estimate of drug-likeness (QED) is 0.341. The first kappa shape index (κ1) is 18.3. The van der Waals surface area contributed by atoms with Gasteiger partial charge in [-0.3, -0.25) is 24.7 Å². The Morgan fingerprint density at radius 2 is 2.04 bits per heavy atom. The van der Waals surface area contributed by atoms with Crippen LogP contribution < -0.4 is 20.9 Å². The average Bonchev–Trinajstić information content (AvgIpc) is 2.96. The van der Waals surface area contributed by atoms with E-state index in [1.165, 1.54) is 4.90 Å². The molecule has 3 amide bonds. The van der Waals surface area contributed by atoms with Crippen molar-refractivity contribution in [2.75, 3.05) is 24.6 Å². The molecule has 2 aliphatic rings. The minimum absolute atomic E-state index is 0.128. The van der Waals surface area contributed by atoms with Crippen molar-refractivity contribution in [1.29, 1.82) is 0 Å². The monoisotopic (exact) mass is 360 g/mol. The Morgan fingerprint density at radius 1 is 1.31 bits per heavy atom. The van der Waals surface area contributed by atoms with Gasteiger partial charge in [-0.2, -0.15) is 0 Å². The van der Waals surface area contributed by atoms with Crippen molar-refractivity contribution < 1.29 is 19.1 Å². The van der Waals surface area contributed by atoms with E-state index in [0.29, 0.717) is 31.1 Å². The summed E-state index contributed by atoms with van der Waals surface area (Å²) in [4.78, 5) is 40.3. The van der Waals surface area contributed by atoms with Crippen molar-refractivity contribution in [1.82, 2.24) is 10.3 Å². The number of carbonyl (C=O) groups is 3. The topological polar surface area (TPSA) is 105 Å². The third-order valence-corrected chi connectivity index (χ3v) is 4.94. The van der Waals surface area contributed by atoms with E-state index in [1.54, 1.807) is 24.3 Å². The summed E-state index contributed by atoms with van der Waals surface area (Å²) >= 11 is 0. The predicted octanol–water partition coefficient (Wildman–Crippen LogP) is 0.419. The van der Waals surface area contributed by atoms with Crippen LogP contribution in [0, 0.1) is 5.92 Å². The van der Waals surface area contributed by atoms with E-state index in [0.717, 1.165) is 12.8 Å². The Labute approximate surface area is 152 Å². The normalized spacial score (nSPS) is 24.0. The maximum atomic E-state index is 12.9. The molecule has 8 nitrogen and oxygen atoms in total. The van der Waals surface area contributed by atoms with Crippen LogP contribution in [0.2, 0.25) is 0 Å². The molecule has 3 N–H and O–H groups in total. The molecule has 2 fully saturated rings. The maximum Gasteiger partial charge on any atom is 0.251 e. The van der Waals surface area contributed by atoms with Gasteiger partial charge in [0.25, 0.3) is 5.91 Å². The summed E-state index contributed by atoms with van der Waals surface area (Å²) in [6, 6.07) is 6.39. The number of hydrazine groups is 1. The standard InChI is InChI=1S/C18H24N4O4/c1-2-26-14-7-5-13(6-8-14)22-16(23)10-15(18(22)25)21-9-3-4-12(11-21)17(24)20-19/h5-8,12,15H,2-4,9-11,19H2,1H3,(H,20,24)/t12-,15+/m1/s1. The third-order valence-electron chi connectivity index (χ3n) is 4.94. The molecule has 1 aromatic rings. The van der Waals surface area contributed by atoms with E-state index in [9.17, 15) is 14.4 Å². The van der Waals surface area contributed by atoms with Crippen LogP contribution in [0.5, 0.6) is 5.75 Å². The molecule has 0 spiro atoms. The lowest BCUT2D eigenvalue weighted by molar-refractivity contribution is -0.129. The summed E-state index contributed by atoms with van der Waals surface area (Å²) in [6.07, 6.45) is 1.65. The molecule has 0 aliphatic carbocycles. The van der Waals surface area contributed by atoms with Crippen LogP contribution in [0.3, 0.4) is 0 Å². The first-order chi connectivity index (χ1) is 12.5. The van der Waals surface area contributed by atoms with Crippen LogP contribution in [-0.2, 0) is 14.4 Å². The van der Waals surface area contributed by atoms with Gasteiger partial charge in [0, 0.05) is 6.54 Å². The van der Waals surface area contributed by atoms with Crippen LogP contribution in [0.15, 0.2) is 24.3 Å². The molecular weight excluding hydrogens is 336 g/mol. The zero-order valence-electron chi connectivity index (χ0n) is 14.8. The van der Waals surface area contributed by atoms with Gasteiger partial charge in [-0.05, 0) is 50.6 Å². The summed E-state index contributed by atoms with van der Waals surface area (Å²) < 4.78 is 5.39. The number of nitrogens with one attached hydrogen (secondary N) is 1. The molecule has 1 aromatic carbocycles. The lowest BCUT2D eigenvalue weighted by Crippen LogP contribution is -2.50. The number of hydrogen-bond acceptors (Lipinski definition) is 6. The Morgan fingerprint density at radius 3 is 2.69 bits per heavy atom. The molecule has 2 heterocycles. The average molecular weight is 360 g/mol. The molecule has 0 saturated carbocycles. The number of amides is 3. The molecule has 0 bridgehead atoms. The van der Waals surface area contributed by atoms with Gasteiger partial charge in [0.15, 0.2) is 0 Å². The van der Waals surface area contributed by atoms with E-state index in [1.807, 2.05) is 11.8 Å². The smallest absolute Gasteiger partial charge is 0.251 e. The lowest BCUT2D eigenvalue weighted by Gasteiger charge is -2.34.